The van der Waals surface area contributed by atoms with Crippen molar-refractivity contribution in [1.82, 2.24) is 9.71 Å². The van der Waals surface area contributed by atoms with Crippen molar-refractivity contribution in [1.29, 1.82) is 0 Å². The van der Waals surface area contributed by atoms with Gasteiger partial charge in [-0.1, -0.05) is 24.3 Å². The van der Waals surface area contributed by atoms with Crippen molar-refractivity contribution in [3.8, 4) is 10.6 Å². The largest absolute Gasteiger partial charge is 0.329 e. The zero-order valence-electron chi connectivity index (χ0n) is 14.6. The molecule has 0 bridgehead atoms. The van der Waals surface area contributed by atoms with Gasteiger partial charge in [0.25, 0.3) is 0 Å². The lowest BCUT2D eigenvalue weighted by Gasteiger charge is -2.07. The molecule has 3 aromatic carbocycles. The molecule has 0 aliphatic carbocycles. The molecule has 0 fully saturated rings. The molecule has 0 saturated carbocycles. The Labute approximate surface area is 165 Å². The van der Waals surface area contributed by atoms with Crippen molar-refractivity contribution >= 4 is 45.2 Å². The smallest absolute Gasteiger partial charge is 0.307 e. The number of carbonyl (C=O) groups excluding carboxylic acids is 1. The maximum absolute atomic E-state index is 12.0. The first-order valence-electron chi connectivity index (χ1n) is 8.44. The summed E-state index contributed by atoms with van der Waals surface area (Å²) in [5, 5.41) is 3.82. The quantitative estimate of drug-likeness (QED) is 0.413. The number of fused-ring (bicyclic) bond motifs is 1. The minimum atomic E-state index is -0.257. The molecule has 2 N–H and O–H groups in total. The van der Waals surface area contributed by atoms with Crippen LogP contribution in [0.15, 0.2) is 77.7 Å². The van der Waals surface area contributed by atoms with Gasteiger partial charge in [-0.3, -0.25) is 4.72 Å². The molecule has 2 amide bonds. The van der Waals surface area contributed by atoms with E-state index in [1.54, 1.807) is 11.3 Å². The summed E-state index contributed by atoms with van der Waals surface area (Å²) < 4.78 is 3.96. The fourth-order valence-corrected chi connectivity index (χ4v) is 4.23. The van der Waals surface area contributed by atoms with Crippen LogP contribution in [0.3, 0.4) is 0 Å². The van der Waals surface area contributed by atoms with Gasteiger partial charge in [-0.05, 0) is 73.0 Å². The Kier molecular flexibility index (Phi) is 5.09. The number of hydrogen-bond donors (Lipinski definition) is 2. The molecular formula is C21H17N3OS2. The summed E-state index contributed by atoms with van der Waals surface area (Å²) in [5.41, 5.74) is 4.03. The molecule has 0 atom stereocenters. The molecule has 0 spiro atoms. The van der Waals surface area contributed by atoms with Gasteiger partial charge in [0.2, 0.25) is 0 Å². The number of carbonyl (C=O) groups is 1. The van der Waals surface area contributed by atoms with E-state index in [4.69, 9.17) is 4.98 Å². The van der Waals surface area contributed by atoms with Crippen LogP contribution in [0.1, 0.15) is 5.56 Å². The number of benzene rings is 3. The van der Waals surface area contributed by atoms with Crippen LogP contribution < -0.4 is 10.0 Å². The summed E-state index contributed by atoms with van der Waals surface area (Å²) in [7, 11) is 0. The van der Waals surface area contributed by atoms with Gasteiger partial charge in [-0.15, -0.1) is 11.3 Å². The highest BCUT2D eigenvalue weighted by Crippen LogP contribution is 2.31. The van der Waals surface area contributed by atoms with Crippen molar-refractivity contribution in [2.75, 3.05) is 5.32 Å². The maximum Gasteiger partial charge on any atom is 0.329 e. The molecule has 4 nitrogen and oxygen atoms in total. The summed E-state index contributed by atoms with van der Waals surface area (Å²) in [6.07, 6.45) is 0. The molecule has 0 unspecified atom stereocenters. The number of anilines is 1. The number of hydrogen-bond acceptors (Lipinski definition) is 4. The second-order valence-electron chi connectivity index (χ2n) is 6.04. The lowest BCUT2D eigenvalue weighted by atomic mass is 10.2. The Balaban J connectivity index is 1.41. The number of thiazole rings is 1. The van der Waals surface area contributed by atoms with Crippen LogP contribution >= 0.6 is 23.3 Å². The molecule has 0 aliphatic heterocycles. The lowest BCUT2D eigenvalue weighted by molar-refractivity contribution is 0.257. The number of rotatable bonds is 4. The fourth-order valence-electron chi connectivity index (χ4n) is 2.60. The molecule has 27 heavy (non-hydrogen) atoms. The highest BCUT2D eigenvalue weighted by molar-refractivity contribution is 7.98. The van der Waals surface area contributed by atoms with Gasteiger partial charge in [0, 0.05) is 16.1 Å². The van der Waals surface area contributed by atoms with Gasteiger partial charge in [-0.25, -0.2) is 9.78 Å². The first kappa shape index (κ1) is 17.6. The minimum absolute atomic E-state index is 0.257. The topological polar surface area (TPSA) is 54.0 Å². The Bertz CT molecular complexity index is 1080. The highest BCUT2D eigenvalue weighted by Gasteiger charge is 2.07. The van der Waals surface area contributed by atoms with Crippen molar-refractivity contribution in [2.24, 2.45) is 0 Å². The Hall–Kier alpha value is -2.83. The van der Waals surface area contributed by atoms with E-state index in [2.05, 4.69) is 35.2 Å². The van der Waals surface area contributed by atoms with Gasteiger partial charge in [-0.2, -0.15) is 0 Å². The molecule has 6 heteroatoms. The first-order valence-corrected chi connectivity index (χ1v) is 10.1. The van der Waals surface area contributed by atoms with E-state index in [1.807, 2.05) is 54.6 Å². The number of amides is 2. The van der Waals surface area contributed by atoms with E-state index in [0.29, 0.717) is 0 Å². The normalized spacial score (nSPS) is 10.7. The molecule has 0 radical (unpaired) electrons. The average molecular weight is 392 g/mol. The van der Waals surface area contributed by atoms with E-state index in [-0.39, 0.29) is 6.03 Å². The number of nitrogens with zero attached hydrogens (tertiary/aromatic N) is 1. The second kappa shape index (κ2) is 7.82. The molecule has 134 valence electrons. The molecule has 0 saturated heterocycles. The summed E-state index contributed by atoms with van der Waals surface area (Å²) in [4.78, 5) is 17.7. The SMILES string of the molecule is Cc1ccc2nc(-c3ccc(NC(=O)NSc4ccccc4)cc3)sc2c1. The third-order valence-electron chi connectivity index (χ3n) is 3.94. The third kappa shape index (κ3) is 4.30. The van der Waals surface area contributed by atoms with E-state index in [1.165, 1.54) is 22.2 Å². The second-order valence-corrected chi connectivity index (χ2v) is 7.95. The average Bonchev–Trinajstić information content (AvgIpc) is 3.11. The van der Waals surface area contributed by atoms with Crippen LogP contribution in [0.4, 0.5) is 10.5 Å². The molecule has 0 aliphatic rings. The first-order chi connectivity index (χ1) is 13.2. The van der Waals surface area contributed by atoms with Crippen LogP contribution in [-0.2, 0) is 0 Å². The van der Waals surface area contributed by atoms with Crippen molar-refractivity contribution < 1.29 is 4.79 Å². The Morgan fingerprint density at radius 2 is 1.78 bits per heavy atom. The number of aryl methyl sites for hydroxylation is 1. The van der Waals surface area contributed by atoms with E-state index in [0.717, 1.165) is 26.7 Å². The summed E-state index contributed by atoms with van der Waals surface area (Å²) in [6.45, 7) is 2.08. The Morgan fingerprint density at radius 1 is 1.00 bits per heavy atom. The predicted molar refractivity (Wildman–Crippen MR) is 114 cm³/mol. The van der Waals surface area contributed by atoms with Crippen LogP contribution in [0.5, 0.6) is 0 Å². The zero-order valence-corrected chi connectivity index (χ0v) is 16.2. The van der Waals surface area contributed by atoms with Crippen LogP contribution in [0, 0.1) is 6.92 Å². The molecule has 1 aromatic heterocycles. The van der Waals surface area contributed by atoms with E-state index >= 15 is 0 Å². The van der Waals surface area contributed by atoms with E-state index < -0.39 is 0 Å². The van der Waals surface area contributed by atoms with Crippen LogP contribution in [0.25, 0.3) is 20.8 Å². The zero-order chi connectivity index (χ0) is 18.6. The minimum Gasteiger partial charge on any atom is -0.307 e. The summed E-state index contributed by atoms with van der Waals surface area (Å²) in [5.74, 6) is 0. The van der Waals surface area contributed by atoms with Gasteiger partial charge in [0.05, 0.1) is 10.2 Å². The number of urea groups is 1. The highest BCUT2D eigenvalue weighted by atomic mass is 32.2. The monoisotopic (exact) mass is 391 g/mol. The van der Waals surface area contributed by atoms with Gasteiger partial charge >= 0.3 is 6.03 Å². The summed E-state index contributed by atoms with van der Waals surface area (Å²) in [6, 6.07) is 23.5. The van der Waals surface area contributed by atoms with Crippen LogP contribution in [-0.4, -0.2) is 11.0 Å². The van der Waals surface area contributed by atoms with Gasteiger partial charge < -0.3 is 5.32 Å². The van der Waals surface area contributed by atoms with Crippen LogP contribution in [0.2, 0.25) is 0 Å². The van der Waals surface area contributed by atoms with Crippen molar-refractivity contribution in [3.63, 3.8) is 0 Å². The molecule has 4 aromatic rings. The van der Waals surface area contributed by atoms with E-state index in [9.17, 15) is 4.79 Å². The standard InChI is InChI=1S/C21H17N3OS2/c1-14-7-12-18-19(13-14)26-20(23-18)15-8-10-16(11-9-15)22-21(25)24-27-17-5-3-2-4-6-17/h2-13H,1H3,(H2,22,24,25). The maximum atomic E-state index is 12.0. The molecular weight excluding hydrogens is 374 g/mol. The number of nitrogens with one attached hydrogen (secondary N) is 2. The summed E-state index contributed by atoms with van der Waals surface area (Å²) >= 11 is 2.96. The Morgan fingerprint density at radius 3 is 2.56 bits per heavy atom. The van der Waals surface area contributed by atoms with Crippen molar-refractivity contribution in [2.45, 2.75) is 11.8 Å². The fraction of sp³-hybridized carbons (Fsp3) is 0.0476. The molecule has 1 heterocycles. The third-order valence-corrected chi connectivity index (χ3v) is 5.80. The van der Waals surface area contributed by atoms with Gasteiger partial charge in [0.1, 0.15) is 5.01 Å². The number of aromatic nitrogens is 1. The predicted octanol–water partition coefficient (Wildman–Crippen LogP) is 6.10. The lowest BCUT2D eigenvalue weighted by Crippen LogP contribution is -2.22. The molecule has 4 rings (SSSR count). The van der Waals surface area contributed by atoms with Gasteiger partial charge in [0.15, 0.2) is 0 Å². The van der Waals surface area contributed by atoms with Crippen molar-refractivity contribution in [3.05, 3.63) is 78.4 Å².